The summed E-state index contributed by atoms with van der Waals surface area (Å²) in [5, 5.41) is 7.40. The van der Waals surface area contributed by atoms with Gasteiger partial charge in [0.1, 0.15) is 5.76 Å². The lowest BCUT2D eigenvalue weighted by molar-refractivity contribution is 0.0932. The Morgan fingerprint density at radius 1 is 1.29 bits per heavy atom. The molecule has 122 valence electrons. The van der Waals surface area contributed by atoms with Crippen LogP contribution < -0.4 is 5.32 Å². The molecule has 0 saturated heterocycles. The number of carbonyl (C=O) groups excluding carboxylic acids is 1. The van der Waals surface area contributed by atoms with Crippen molar-refractivity contribution in [3.8, 4) is 5.69 Å². The van der Waals surface area contributed by atoms with Crippen molar-refractivity contribution in [3.05, 3.63) is 71.4 Å². The fourth-order valence-corrected chi connectivity index (χ4v) is 3.20. The summed E-state index contributed by atoms with van der Waals surface area (Å²) in [7, 11) is 0. The first-order valence-corrected chi connectivity index (χ1v) is 8.19. The van der Waals surface area contributed by atoms with Crippen LogP contribution in [-0.2, 0) is 6.42 Å². The van der Waals surface area contributed by atoms with Crippen molar-refractivity contribution in [2.24, 2.45) is 0 Å². The standard InChI is InChI=1S/C19H19N3O2/c1-13-11-20-22(12-13)15-7-5-14(6-8-15)19(23)21-17-3-2-4-18-16(17)9-10-24-18/h5-12,17H,2-4H2,1H3,(H,21,23). The zero-order valence-electron chi connectivity index (χ0n) is 13.5. The Labute approximate surface area is 140 Å². The third-order valence-corrected chi connectivity index (χ3v) is 4.46. The maximum Gasteiger partial charge on any atom is 0.251 e. The Kier molecular flexibility index (Phi) is 3.69. The van der Waals surface area contributed by atoms with Gasteiger partial charge in [0.2, 0.25) is 0 Å². The van der Waals surface area contributed by atoms with E-state index < -0.39 is 0 Å². The number of nitrogens with one attached hydrogen (secondary N) is 1. The lowest BCUT2D eigenvalue weighted by Gasteiger charge is -2.22. The molecular formula is C19H19N3O2. The maximum absolute atomic E-state index is 12.5. The molecule has 0 radical (unpaired) electrons. The topological polar surface area (TPSA) is 60.1 Å². The van der Waals surface area contributed by atoms with Gasteiger partial charge < -0.3 is 9.73 Å². The smallest absolute Gasteiger partial charge is 0.251 e. The minimum atomic E-state index is -0.0581. The molecule has 5 heteroatoms. The van der Waals surface area contributed by atoms with E-state index in [-0.39, 0.29) is 11.9 Å². The summed E-state index contributed by atoms with van der Waals surface area (Å²) in [4.78, 5) is 12.5. The van der Waals surface area contributed by atoms with Crippen LogP contribution in [0.15, 0.2) is 53.4 Å². The van der Waals surface area contributed by atoms with Crippen molar-refractivity contribution >= 4 is 5.91 Å². The van der Waals surface area contributed by atoms with Crippen LogP contribution in [0.2, 0.25) is 0 Å². The molecule has 0 aliphatic heterocycles. The molecule has 3 aromatic rings. The van der Waals surface area contributed by atoms with Crippen LogP contribution in [0, 0.1) is 6.92 Å². The number of amides is 1. The summed E-state index contributed by atoms with van der Waals surface area (Å²) >= 11 is 0. The number of nitrogens with zero attached hydrogens (tertiary/aromatic N) is 2. The third-order valence-electron chi connectivity index (χ3n) is 4.46. The number of rotatable bonds is 3. The Morgan fingerprint density at radius 3 is 2.88 bits per heavy atom. The number of furan rings is 1. The van der Waals surface area contributed by atoms with Crippen LogP contribution in [0.5, 0.6) is 0 Å². The molecule has 1 unspecified atom stereocenters. The second-order valence-corrected chi connectivity index (χ2v) is 6.23. The van der Waals surface area contributed by atoms with Gasteiger partial charge in [-0.3, -0.25) is 4.79 Å². The van der Waals surface area contributed by atoms with Gasteiger partial charge in [0.25, 0.3) is 5.91 Å². The molecule has 0 fully saturated rings. The van der Waals surface area contributed by atoms with E-state index in [0.29, 0.717) is 5.56 Å². The van der Waals surface area contributed by atoms with E-state index in [4.69, 9.17) is 4.42 Å². The number of aromatic nitrogens is 2. The van der Waals surface area contributed by atoms with E-state index >= 15 is 0 Å². The van der Waals surface area contributed by atoms with Crippen LogP contribution in [0.25, 0.3) is 5.69 Å². The molecule has 0 bridgehead atoms. The van der Waals surface area contributed by atoms with Gasteiger partial charge in [-0.1, -0.05) is 0 Å². The van der Waals surface area contributed by atoms with E-state index in [2.05, 4.69) is 10.4 Å². The van der Waals surface area contributed by atoms with Gasteiger partial charge in [0, 0.05) is 23.7 Å². The van der Waals surface area contributed by atoms with Crippen molar-refractivity contribution in [2.45, 2.75) is 32.2 Å². The van der Waals surface area contributed by atoms with Gasteiger partial charge in [0.15, 0.2) is 0 Å². The molecule has 0 spiro atoms. The summed E-state index contributed by atoms with van der Waals surface area (Å²) in [6, 6.07) is 9.48. The predicted molar refractivity (Wildman–Crippen MR) is 90.2 cm³/mol. The molecule has 1 N–H and O–H groups in total. The molecule has 1 aliphatic rings. The Bertz CT molecular complexity index is 861. The molecule has 1 amide bonds. The number of fused-ring (bicyclic) bond motifs is 1. The monoisotopic (exact) mass is 321 g/mol. The van der Waals surface area contributed by atoms with Crippen LogP contribution in [0.1, 0.15) is 46.1 Å². The number of benzene rings is 1. The summed E-state index contributed by atoms with van der Waals surface area (Å²) in [5.41, 5.74) is 3.80. The van der Waals surface area contributed by atoms with E-state index in [9.17, 15) is 4.79 Å². The summed E-state index contributed by atoms with van der Waals surface area (Å²) in [5.74, 6) is 0.938. The van der Waals surface area contributed by atoms with Crippen molar-refractivity contribution in [1.29, 1.82) is 0 Å². The molecule has 4 rings (SSSR count). The van der Waals surface area contributed by atoms with Crippen LogP contribution in [-0.4, -0.2) is 15.7 Å². The summed E-state index contributed by atoms with van der Waals surface area (Å²) in [6.07, 6.45) is 8.40. The fraction of sp³-hybridized carbons (Fsp3) is 0.263. The number of carbonyl (C=O) groups is 1. The van der Waals surface area contributed by atoms with Crippen molar-refractivity contribution < 1.29 is 9.21 Å². The highest BCUT2D eigenvalue weighted by molar-refractivity contribution is 5.94. The second-order valence-electron chi connectivity index (χ2n) is 6.23. The quantitative estimate of drug-likeness (QED) is 0.802. The van der Waals surface area contributed by atoms with Crippen LogP contribution in [0.3, 0.4) is 0 Å². The first kappa shape index (κ1) is 14.8. The molecule has 5 nitrogen and oxygen atoms in total. The van der Waals surface area contributed by atoms with Gasteiger partial charge in [-0.05, 0) is 55.7 Å². The molecule has 2 heterocycles. The first-order valence-electron chi connectivity index (χ1n) is 8.19. The normalized spacial score (nSPS) is 16.6. The highest BCUT2D eigenvalue weighted by Crippen LogP contribution is 2.30. The molecule has 24 heavy (non-hydrogen) atoms. The lowest BCUT2D eigenvalue weighted by Crippen LogP contribution is -2.30. The van der Waals surface area contributed by atoms with Crippen LogP contribution in [0.4, 0.5) is 0 Å². The average molecular weight is 321 g/mol. The molecule has 0 saturated carbocycles. The first-order chi connectivity index (χ1) is 11.7. The minimum absolute atomic E-state index is 0.0356. The minimum Gasteiger partial charge on any atom is -0.469 e. The zero-order valence-corrected chi connectivity index (χ0v) is 13.5. The molecular weight excluding hydrogens is 302 g/mol. The molecule has 1 atom stereocenters. The van der Waals surface area contributed by atoms with E-state index in [1.54, 1.807) is 10.9 Å². The maximum atomic E-state index is 12.5. The van der Waals surface area contributed by atoms with Crippen molar-refractivity contribution in [1.82, 2.24) is 15.1 Å². The molecule has 2 aromatic heterocycles. The van der Waals surface area contributed by atoms with E-state index in [1.807, 2.05) is 49.6 Å². The van der Waals surface area contributed by atoms with Crippen molar-refractivity contribution in [2.75, 3.05) is 0 Å². The van der Waals surface area contributed by atoms with Crippen molar-refractivity contribution in [3.63, 3.8) is 0 Å². The summed E-state index contributed by atoms with van der Waals surface area (Å²) in [6.45, 7) is 2.00. The van der Waals surface area contributed by atoms with E-state index in [0.717, 1.165) is 41.8 Å². The fourth-order valence-electron chi connectivity index (χ4n) is 3.20. The number of hydrogen-bond acceptors (Lipinski definition) is 3. The molecule has 1 aliphatic carbocycles. The Morgan fingerprint density at radius 2 is 2.12 bits per heavy atom. The van der Waals surface area contributed by atoms with Gasteiger partial charge in [-0.25, -0.2) is 4.68 Å². The van der Waals surface area contributed by atoms with Gasteiger partial charge in [0.05, 0.1) is 24.2 Å². The SMILES string of the molecule is Cc1cnn(-c2ccc(C(=O)NC3CCCc4occc43)cc2)c1. The lowest BCUT2D eigenvalue weighted by atomic mass is 9.93. The Balaban J connectivity index is 1.49. The third kappa shape index (κ3) is 2.73. The van der Waals surface area contributed by atoms with Crippen LogP contribution >= 0.6 is 0 Å². The highest BCUT2D eigenvalue weighted by Gasteiger charge is 2.24. The zero-order chi connectivity index (χ0) is 16.5. The highest BCUT2D eigenvalue weighted by atomic mass is 16.3. The van der Waals surface area contributed by atoms with E-state index in [1.165, 1.54) is 0 Å². The number of aryl methyl sites for hydroxylation is 2. The van der Waals surface area contributed by atoms with Gasteiger partial charge in [-0.15, -0.1) is 0 Å². The average Bonchev–Trinajstić information content (AvgIpc) is 3.24. The predicted octanol–water partition coefficient (Wildman–Crippen LogP) is 3.58. The Hall–Kier alpha value is -2.82. The largest absolute Gasteiger partial charge is 0.469 e. The van der Waals surface area contributed by atoms with Gasteiger partial charge >= 0.3 is 0 Å². The second kappa shape index (κ2) is 6.00. The number of hydrogen-bond donors (Lipinski definition) is 1. The molecule has 1 aromatic carbocycles. The summed E-state index contributed by atoms with van der Waals surface area (Å²) < 4.78 is 7.28. The van der Waals surface area contributed by atoms with Gasteiger partial charge in [-0.2, -0.15) is 5.10 Å².